The average molecular weight is 565 g/mol. The Kier molecular flexibility index (Phi) is 8.80. The summed E-state index contributed by atoms with van der Waals surface area (Å²) in [5.74, 6) is 1.00. The lowest BCUT2D eigenvalue weighted by atomic mass is 9.87. The highest BCUT2D eigenvalue weighted by Crippen LogP contribution is 2.39. The van der Waals surface area contributed by atoms with Gasteiger partial charge in [0.1, 0.15) is 5.75 Å². The van der Waals surface area contributed by atoms with Gasteiger partial charge in [-0.05, 0) is 55.7 Å². The van der Waals surface area contributed by atoms with E-state index in [1.165, 1.54) is 16.3 Å². The highest BCUT2D eigenvalue weighted by molar-refractivity contribution is 7.89. The van der Waals surface area contributed by atoms with Gasteiger partial charge in [0, 0.05) is 20.1 Å². The number of hydrogen-bond donors (Lipinski definition) is 0. The normalized spacial score (nSPS) is 22.6. The molecular formula is C25H35F3N2O7S. The Balaban J connectivity index is 1.25. The largest absolute Gasteiger partial charge is 0.497 e. The van der Waals surface area contributed by atoms with Crippen molar-refractivity contribution < 1.29 is 45.3 Å². The maximum Gasteiger partial charge on any atom is 0.427 e. The number of ether oxygens (including phenoxy) is 4. The second-order valence-corrected chi connectivity index (χ2v) is 12.4. The van der Waals surface area contributed by atoms with E-state index in [0.717, 1.165) is 12.8 Å². The van der Waals surface area contributed by atoms with Crippen LogP contribution in [-0.4, -0.2) is 93.9 Å². The third-order valence-corrected chi connectivity index (χ3v) is 9.59. The predicted octanol–water partition coefficient (Wildman–Crippen LogP) is 3.57. The summed E-state index contributed by atoms with van der Waals surface area (Å²) in [6.07, 6.45) is -5.11. The summed E-state index contributed by atoms with van der Waals surface area (Å²) in [6, 6.07) is 6.39. The number of rotatable bonds is 10. The molecule has 1 aromatic rings. The predicted molar refractivity (Wildman–Crippen MR) is 131 cm³/mol. The van der Waals surface area contributed by atoms with E-state index in [4.69, 9.17) is 18.9 Å². The zero-order chi connectivity index (χ0) is 27.6. The van der Waals surface area contributed by atoms with E-state index >= 15 is 0 Å². The third-order valence-electron chi connectivity index (χ3n) is 7.52. The SMILES string of the molecule is COc1ccc(COC[C@@H](OC(=O)N2CCC3(CC2)C[C@@H](N(C)S(=O)(=O)CC2CC2)CO3)C(F)(F)F)cc1. The fraction of sp³-hybridized carbons (Fsp3) is 0.720. The van der Waals surface area contributed by atoms with Crippen molar-refractivity contribution in [3.8, 4) is 5.75 Å². The van der Waals surface area contributed by atoms with Crippen LogP contribution in [0.15, 0.2) is 24.3 Å². The number of nitrogens with zero attached hydrogens (tertiary/aromatic N) is 2. The van der Waals surface area contributed by atoms with Crippen molar-refractivity contribution >= 4 is 16.1 Å². The monoisotopic (exact) mass is 564 g/mol. The van der Waals surface area contributed by atoms with Crippen molar-refractivity contribution in [2.45, 2.75) is 62.6 Å². The average Bonchev–Trinajstić information content (AvgIpc) is 3.59. The van der Waals surface area contributed by atoms with Crippen molar-refractivity contribution in [2.75, 3.05) is 46.2 Å². The van der Waals surface area contributed by atoms with E-state index in [1.54, 1.807) is 31.3 Å². The summed E-state index contributed by atoms with van der Waals surface area (Å²) < 4.78 is 88.4. The highest BCUT2D eigenvalue weighted by atomic mass is 32.2. The van der Waals surface area contributed by atoms with Crippen molar-refractivity contribution in [1.82, 2.24) is 9.21 Å². The maximum absolute atomic E-state index is 13.5. The molecule has 2 saturated heterocycles. The first-order valence-electron chi connectivity index (χ1n) is 12.7. The van der Waals surface area contributed by atoms with E-state index < -0.39 is 40.6 Å². The van der Waals surface area contributed by atoms with Crippen LogP contribution in [0, 0.1) is 5.92 Å². The van der Waals surface area contributed by atoms with Gasteiger partial charge in [-0.2, -0.15) is 17.5 Å². The molecule has 4 rings (SSSR count). The Hall–Kier alpha value is -2.09. The van der Waals surface area contributed by atoms with Gasteiger partial charge in [0.25, 0.3) is 0 Å². The van der Waals surface area contributed by atoms with Gasteiger partial charge in [-0.1, -0.05) is 12.1 Å². The Morgan fingerprint density at radius 3 is 2.45 bits per heavy atom. The number of hydrogen-bond acceptors (Lipinski definition) is 7. The van der Waals surface area contributed by atoms with Gasteiger partial charge < -0.3 is 23.8 Å². The molecule has 0 bridgehead atoms. The molecule has 3 aliphatic rings. The van der Waals surface area contributed by atoms with Crippen LogP contribution < -0.4 is 4.74 Å². The standard InChI is InChI=1S/C25H35F3N2O7S/c1-29(38(32,33)17-19-3-4-19)20-13-24(36-15-20)9-11-30(12-10-24)23(31)37-22(25(26,27)28)16-35-14-18-5-7-21(34-2)8-6-18/h5-8,19-20,22H,3-4,9-17H2,1-2H3/t20-,22-/m1/s1. The first-order valence-corrected chi connectivity index (χ1v) is 14.3. The first kappa shape index (κ1) is 28.9. The molecule has 2 heterocycles. The van der Waals surface area contributed by atoms with Gasteiger partial charge in [-0.25, -0.2) is 13.2 Å². The number of piperidine rings is 1. The van der Waals surface area contributed by atoms with E-state index in [2.05, 4.69) is 0 Å². The molecule has 3 fully saturated rings. The molecule has 1 saturated carbocycles. The molecule has 1 spiro atoms. The topological polar surface area (TPSA) is 94.6 Å². The molecule has 9 nitrogen and oxygen atoms in total. The van der Waals surface area contributed by atoms with Gasteiger partial charge in [0.15, 0.2) is 0 Å². The van der Waals surface area contributed by atoms with E-state index in [-0.39, 0.29) is 44.0 Å². The number of likely N-dealkylation sites (tertiary alicyclic amines) is 1. The van der Waals surface area contributed by atoms with Gasteiger partial charge in [-0.3, -0.25) is 0 Å². The summed E-state index contributed by atoms with van der Waals surface area (Å²) in [5, 5.41) is 0. The fourth-order valence-corrected chi connectivity index (χ4v) is 6.58. The van der Waals surface area contributed by atoms with Crippen LogP contribution in [0.25, 0.3) is 0 Å². The highest BCUT2D eigenvalue weighted by Gasteiger charge is 2.48. The Bertz CT molecular complexity index is 1060. The number of alkyl halides is 3. The van der Waals surface area contributed by atoms with Gasteiger partial charge >= 0.3 is 12.3 Å². The maximum atomic E-state index is 13.5. The third kappa shape index (κ3) is 7.30. The quantitative estimate of drug-likeness (QED) is 0.429. The van der Waals surface area contributed by atoms with Crippen LogP contribution in [0.1, 0.15) is 37.7 Å². The minimum absolute atomic E-state index is 0.0797. The number of likely N-dealkylation sites (N-methyl/N-ethyl adjacent to an activating group) is 1. The number of benzene rings is 1. The first-order chi connectivity index (χ1) is 17.9. The molecule has 2 aliphatic heterocycles. The molecule has 214 valence electrons. The van der Waals surface area contributed by atoms with Crippen molar-refractivity contribution in [1.29, 1.82) is 0 Å². The van der Waals surface area contributed by atoms with Gasteiger partial charge in [0.2, 0.25) is 16.1 Å². The summed E-state index contributed by atoms with van der Waals surface area (Å²) in [4.78, 5) is 13.8. The van der Waals surface area contributed by atoms with Crippen LogP contribution >= 0.6 is 0 Å². The number of sulfonamides is 1. The molecule has 0 radical (unpaired) electrons. The zero-order valence-corrected chi connectivity index (χ0v) is 22.4. The summed E-state index contributed by atoms with van der Waals surface area (Å²) >= 11 is 0. The number of halogens is 3. The second-order valence-electron chi connectivity index (χ2n) is 10.4. The molecule has 1 aromatic carbocycles. The lowest BCUT2D eigenvalue weighted by molar-refractivity contribution is -0.220. The number of methoxy groups -OCH3 is 1. The van der Waals surface area contributed by atoms with Gasteiger partial charge in [-0.15, -0.1) is 0 Å². The van der Waals surface area contributed by atoms with E-state index in [9.17, 15) is 26.4 Å². The van der Waals surface area contributed by atoms with Crippen LogP contribution in [-0.2, 0) is 30.8 Å². The number of carbonyl (C=O) groups excluding carboxylic acids is 1. The number of amides is 1. The number of carbonyl (C=O) groups is 1. The molecular weight excluding hydrogens is 529 g/mol. The molecule has 13 heteroatoms. The molecule has 0 N–H and O–H groups in total. The fourth-order valence-electron chi connectivity index (χ4n) is 4.82. The Labute approximate surface area is 221 Å². The minimum Gasteiger partial charge on any atom is -0.497 e. The Morgan fingerprint density at radius 2 is 1.87 bits per heavy atom. The van der Waals surface area contributed by atoms with Gasteiger partial charge in [0.05, 0.1) is 44.3 Å². The molecule has 1 amide bonds. The smallest absolute Gasteiger partial charge is 0.427 e. The molecule has 38 heavy (non-hydrogen) atoms. The second kappa shape index (κ2) is 11.6. The van der Waals surface area contributed by atoms with Crippen LogP contribution in [0.4, 0.5) is 18.0 Å². The van der Waals surface area contributed by atoms with Crippen molar-refractivity contribution in [3.05, 3.63) is 29.8 Å². The van der Waals surface area contributed by atoms with E-state index in [1.807, 2.05) is 0 Å². The van der Waals surface area contributed by atoms with Crippen LogP contribution in [0.3, 0.4) is 0 Å². The minimum atomic E-state index is -4.79. The summed E-state index contributed by atoms with van der Waals surface area (Å²) in [7, 11) is -0.287. The lowest BCUT2D eigenvalue weighted by Gasteiger charge is -2.38. The molecule has 2 atom stereocenters. The molecule has 0 unspecified atom stereocenters. The van der Waals surface area contributed by atoms with Crippen molar-refractivity contribution in [2.24, 2.45) is 5.92 Å². The summed E-state index contributed by atoms with van der Waals surface area (Å²) in [5.41, 5.74) is 0.0515. The zero-order valence-electron chi connectivity index (χ0n) is 21.6. The summed E-state index contributed by atoms with van der Waals surface area (Å²) in [6.45, 7) is -0.343. The Morgan fingerprint density at radius 1 is 1.21 bits per heavy atom. The van der Waals surface area contributed by atoms with Crippen LogP contribution in [0.5, 0.6) is 5.75 Å². The molecule has 0 aromatic heterocycles. The van der Waals surface area contributed by atoms with Crippen LogP contribution in [0.2, 0.25) is 0 Å². The molecule has 1 aliphatic carbocycles. The lowest BCUT2D eigenvalue weighted by Crippen LogP contribution is -2.49. The van der Waals surface area contributed by atoms with E-state index in [0.29, 0.717) is 30.6 Å². The van der Waals surface area contributed by atoms with Crippen molar-refractivity contribution in [3.63, 3.8) is 0 Å².